The van der Waals surface area contributed by atoms with Crippen LogP contribution in [0.25, 0.3) is 10.2 Å². The van der Waals surface area contributed by atoms with E-state index in [0.29, 0.717) is 16.3 Å². The van der Waals surface area contributed by atoms with Crippen LogP contribution in [0.3, 0.4) is 0 Å². The van der Waals surface area contributed by atoms with Gasteiger partial charge in [0.1, 0.15) is 16.5 Å². The zero-order valence-corrected chi connectivity index (χ0v) is 12.1. The minimum absolute atomic E-state index is 0.0187. The number of rotatable bonds is 2. The van der Waals surface area contributed by atoms with Gasteiger partial charge in [-0.2, -0.15) is 4.98 Å². The Morgan fingerprint density at radius 2 is 1.76 bits per heavy atom. The molecule has 0 fully saturated rings. The van der Waals surface area contributed by atoms with Crippen molar-refractivity contribution in [1.82, 2.24) is 9.97 Å². The van der Waals surface area contributed by atoms with Crippen molar-refractivity contribution >= 4 is 44.7 Å². The van der Waals surface area contributed by atoms with Gasteiger partial charge in [-0.05, 0) is 24.6 Å². The van der Waals surface area contributed by atoms with E-state index in [2.05, 4.69) is 15.3 Å². The molecule has 0 unspecified atom stereocenters. The van der Waals surface area contributed by atoms with Gasteiger partial charge in [0.05, 0.1) is 11.1 Å². The molecular formula is C13H7ClF3N3S. The van der Waals surface area contributed by atoms with Crippen molar-refractivity contribution in [3.63, 3.8) is 0 Å². The highest BCUT2D eigenvalue weighted by Crippen LogP contribution is 2.32. The number of aryl methyl sites for hydroxylation is 1. The second kappa shape index (κ2) is 5.16. The normalized spacial score (nSPS) is 11.1. The van der Waals surface area contributed by atoms with Gasteiger partial charge in [0.15, 0.2) is 11.6 Å². The van der Waals surface area contributed by atoms with Crippen molar-refractivity contribution in [2.45, 2.75) is 6.92 Å². The first-order valence-corrected chi connectivity index (χ1v) is 6.99. The first-order chi connectivity index (χ1) is 9.94. The molecule has 0 saturated heterocycles. The van der Waals surface area contributed by atoms with Crippen LogP contribution in [0.2, 0.25) is 5.28 Å². The van der Waals surface area contributed by atoms with E-state index in [1.807, 2.05) is 6.92 Å². The van der Waals surface area contributed by atoms with Crippen LogP contribution in [0.4, 0.5) is 24.7 Å². The van der Waals surface area contributed by atoms with E-state index in [1.54, 1.807) is 6.07 Å². The molecule has 0 radical (unpaired) electrons. The lowest BCUT2D eigenvalue weighted by molar-refractivity contribution is 0.496. The molecule has 0 amide bonds. The number of hydrogen-bond donors (Lipinski definition) is 1. The fraction of sp³-hybridized carbons (Fsp3) is 0.0769. The highest BCUT2D eigenvalue weighted by Gasteiger charge is 2.14. The molecule has 0 bridgehead atoms. The van der Waals surface area contributed by atoms with Crippen molar-refractivity contribution in [3.8, 4) is 0 Å². The summed E-state index contributed by atoms with van der Waals surface area (Å²) < 4.78 is 39.8. The number of nitrogens with zero attached hydrogens (tertiary/aromatic N) is 2. The third-order valence-electron chi connectivity index (χ3n) is 2.75. The van der Waals surface area contributed by atoms with Crippen LogP contribution < -0.4 is 5.32 Å². The van der Waals surface area contributed by atoms with Crippen LogP contribution in [0, 0.1) is 24.4 Å². The summed E-state index contributed by atoms with van der Waals surface area (Å²) in [6.07, 6.45) is 0. The van der Waals surface area contributed by atoms with Crippen LogP contribution in [0.5, 0.6) is 0 Å². The van der Waals surface area contributed by atoms with Gasteiger partial charge in [0.2, 0.25) is 5.28 Å². The number of nitrogens with one attached hydrogen (secondary N) is 1. The number of halogens is 4. The predicted molar refractivity (Wildman–Crippen MR) is 76.8 cm³/mol. The van der Waals surface area contributed by atoms with E-state index in [4.69, 9.17) is 11.6 Å². The van der Waals surface area contributed by atoms with Crippen molar-refractivity contribution in [3.05, 3.63) is 45.8 Å². The molecule has 0 aliphatic rings. The van der Waals surface area contributed by atoms with E-state index in [9.17, 15) is 13.2 Å². The van der Waals surface area contributed by atoms with Gasteiger partial charge in [-0.15, -0.1) is 11.3 Å². The summed E-state index contributed by atoms with van der Waals surface area (Å²) in [5.74, 6) is -3.10. The molecule has 0 aliphatic heterocycles. The Morgan fingerprint density at radius 3 is 2.52 bits per heavy atom. The van der Waals surface area contributed by atoms with Gasteiger partial charge in [-0.25, -0.2) is 18.2 Å². The van der Waals surface area contributed by atoms with Crippen molar-refractivity contribution in [1.29, 1.82) is 0 Å². The molecular weight excluding hydrogens is 323 g/mol. The summed E-state index contributed by atoms with van der Waals surface area (Å²) in [7, 11) is 0. The number of fused-ring (bicyclic) bond motifs is 1. The molecule has 1 aromatic carbocycles. The smallest absolute Gasteiger partial charge is 0.225 e. The zero-order valence-electron chi connectivity index (χ0n) is 10.5. The Hall–Kier alpha value is -1.86. The molecule has 3 aromatic rings. The topological polar surface area (TPSA) is 37.8 Å². The second-order valence-corrected chi connectivity index (χ2v) is 5.86. The molecule has 3 rings (SSSR count). The minimum Gasteiger partial charge on any atom is -0.337 e. The molecule has 2 aromatic heterocycles. The molecule has 3 nitrogen and oxygen atoms in total. The Morgan fingerprint density at radius 1 is 1.05 bits per heavy atom. The Labute approximate surface area is 126 Å². The predicted octanol–water partition coefficient (Wildman–Crippen LogP) is 4.81. The summed E-state index contributed by atoms with van der Waals surface area (Å²) in [5.41, 5.74) is -0.228. The number of aromatic nitrogens is 2. The molecule has 1 N–H and O–H groups in total. The highest BCUT2D eigenvalue weighted by atomic mass is 35.5. The summed E-state index contributed by atoms with van der Waals surface area (Å²) in [4.78, 5) is 9.62. The van der Waals surface area contributed by atoms with Crippen LogP contribution in [-0.2, 0) is 0 Å². The SMILES string of the molecule is Cc1cc2c(Nc3cc(F)c(F)cc3F)nc(Cl)nc2s1. The number of thiophene rings is 1. The molecule has 8 heteroatoms. The maximum absolute atomic E-state index is 13.7. The molecule has 108 valence electrons. The fourth-order valence-corrected chi connectivity index (χ4v) is 2.96. The van der Waals surface area contributed by atoms with E-state index in [0.717, 1.165) is 10.9 Å². The third-order valence-corrected chi connectivity index (χ3v) is 3.87. The number of hydrogen-bond acceptors (Lipinski definition) is 4. The Bertz CT molecular complexity index is 850. The molecule has 0 atom stereocenters. The molecule has 0 spiro atoms. The zero-order chi connectivity index (χ0) is 15.1. The second-order valence-electron chi connectivity index (χ2n) is 4.29. The van der Waals surface area contributed by atoms with Crippen molar-refractivity contribution < 1.29 is 13.2 Å². The molecule has 0 aliphatic carbocycles. The van der Waals surface area contributed by atoms with Crippen LogP contribution >= 0.6 is 22.9 Å². The lowest BCUT2D eigenvalue weighted by Crippen LogP contribution is -2.00. The standard InChI is InChI=1S/C13H7ClF3N3S/c1-5-2-6-11(19-13(14)20-12(6)21-5)18-10-4-8(16)7(15)3-9(10)17/h2-4H,1H3,(H,18,19,20). The van der Waals surface area contributed by atoms with E-state index in [-0.39, 0.29) is 16.8 Å². The third kappa shape index (κ3) is 2.66. The van der Waals surface area contributed by atoms with Gasteiger partial charge in [0.25, 0.3) is 0 Å². The van der Waals surface area contributed by atoms with Crippen LogP contribution in [0.15, 0.2) is 18.2 Å². The maximum atomic E-state index is 13.7. The molecule has 21 heavy (non-hydrogen) atoms. The fourth-order valence-electron chi connectivity index (χ4n) is 1.86. The van der Waals surface area contributed by atoms with E-state index in [1.165, 1.54) is 11.3 Å². The van der Waals surface area contributed by atoms with E-state index < -0.39 is 17.5 Å². The maximum Gasteiger partial charge on any atom is 0.225 e. The lowest BCUT2D eigenvalue weighted by Gasteiger charge is -2.08. The first kappa shape index (κ1) is 14.1. The number of benzene rings is 1. The minimum atomic E-state index is -1.25. The molecule has 2 heterocycles. The summed E-state index contributed by atoms with van der Waals surface area (Å²) >= 11 is 7.21. The van der Waals surface area contributed by atoms with Crippen molar-refractivity contribution in [2.75, 3.05) is 5.32 Å². The van der Waals surface area contributed by atoms with Gasteiger partial charge in [-0.1, -0.05) is 0 Å². The first-order valence-electron chi connectivity index (χ1n) is 5.79. The lowest BCUT2D eigenvalue weighted by atomic mass is 10.2. The average Bonchev–Trinajstić information content (AvgIpc) is 2.76. The van der Waals surface area contributed by atoms with Gasteiger partial charge in [0, 0.05) is 17.0 Å². The van der Waals surface area contributed by atoms with Gasteiger partial charge < -0.3 is 5.32 Å². The van der Waals surface area contributed by atoms with Crippen LogP contribution in [0.1, 0.15) is 4.88 Å². The average molecular weight is 330 g/mol. The summed E-state index contributed by atoms with van der Waals surface area (Å²) in [6.45, 7) is 1.88. The highest BCUT2D eigenvalue weighted by molar-refractivity contribution is 7.18. The monoisotopic (exact) mass is 329 g/mol. The summed E-state index contributed by atoms with van der Waals surface area (Å²) in [6, 6.07) is 3.00. The Kier molecular flexibility index (Phi) is 3.46. The van der Waals surface area contributed by atoms with Crippen molar-refractivity contribution in [2.24, 2.45) is 0 Å². The van der Waals surface area contributed by atoms with Gasteiger partial charge in [-0.3, -0.25) is 0 Å². The largest absolute Gasteiger partial charge is 0.337 e. The van der Waals surface area contributed by atoms with Crippen LogP contribution in [-0.4, -0.2) is 9.97 Å². The van der Waals surface area contributed by atoms with E-state index >= 15 is 0 Å². The van der Waals surface area contributed by atoms with Gasteiger partial charge >= 0.3 is 0 Å². The number of anilines is 2. The summed E-state index contributed by atoms with van der Waals surface area (Å²) in [5, 5.41) is 3.24. The Balaban J connectivity index is 2.11. The quantitative estimate of drug-likeness (QED) is 0.541. The molecule has 0 saturated carbocycles.